The van der Waals surface area contributed by atoms with Crippen LogP contribution in [0.5, 0.6) is 0 Å². The largest absolute Gasteiger partial charge is 0.350 e. The number of rotatable bonds is 4. The van der Waals surface area contributed by atoms with Crippen LogP contribution in [0.1, 0.15) is 24.2 Å². The number of carbonyl (C=O) groups is 1. The van der Waals surface area contributed by atoms with Gasteiger partial charge >= 0.3 is 0 Å². The molecule has 0 heterocycles. The summed E-state index contributed by atoms with van der Waals surface area (Å²) < 4.78 is 0. The lowest BCUT2D eigenvalue weighted by molar-refractivity contribution is 0.0943. The van der Waals surface area contributed by atoms with Crippen molar-refractivity contribution < 1.29 is 4.79 Å². The molecule has 0 saturated heterocycles. The Bertz CT molecular complexity index is 432. The molecule has 0 aromatic heterocycles. The van der Waals surface area contributed by atoms with E-state index >= 15 is 0 Å². The van der Waals surface area contributed by atoms with Crippen LogP contribution < -0.4 is 5.32 Å². The first-order valence-electron chi connectivity index (χ1n) is 5.32. The van der Waals surface area contributed by atoms with Crippen LogP contribution in [0.15, 0.2) is 29.2 Å². The molecule has 0 aliphatic heterocycles. The Hall–Kier alpha value is -1.47. The summed E-state index contributed by atoms with van der Waals surface area (Å²) in [6, 6.07) is 9.56. The molecule has 0 spiro atoms. The first-order chi connectivity index (χ1) is 7.98. The zero-order chi connectivity index (χ0) is 12.9. The van der Waals surface area contributed by atoms with Gasteiger partial charge in [0.1, 0.15) is 0 Å². The Morgan fingerprint density at radius 3 is 2.47 bits per heavy atom. The maximum atomic E-state index is 11.8. The van der Waals surface area contributed by atoms with Gasteiger partial charge in [0.25, 0.3) is 5.91 Å². The van der Waals surface area contributed by atoms with Crippen LogP contribution in [0, 0.1) is 16.7 Å². The summed E-state index contributed by atoms with van der Waals surface area (Å²) >= 11 is 1.64. The van der Waals surface area contributed by atoms with Crippen LogP contribution in [-0.4, -0.2) is 18.7 Å². The third-order valence-electron chi connectivity index (χ3n) is 2.35. The molecule has 4 heteroatoms. The number of amides is 1. The first-order valence-corrected chi connectivity index (χ1v) is 6.54. The van der Waals surface area contributed by atoms with Gasteiger partial charge in [0.15, 0.2) is 0 Å². The molecule has 17 heavy (non-hydrogen) atoms. The van der Waals surface area contributed by atoms with Gasteiger partial charge in [0, 0.05) is 17.0 Å². The minimum atomic E-state index is -0.533. The van der Waals surface area contributed by atoms with E-state index in [0.29, 0.717) is 12.1 Å². The molecule has 0 radical (unpaired) electrons. The fourth-order valence-electron chi connectivity index (χ4n) is 1.19. The fraction of sp³-hybridized carbons (Fsp3) is 0.385. The van der Waals surface area contributed by atoms with E-state index in [9.17, 15) is 4.79 Å². The molecular formula is C13H16N2OS. The summed E-state index contributed by atoms with van der Waals surface area (Å²) in [5, 5.41) is 11.6. The van der Waals surface area contributed by atoms with Crippen LogP contribution in [0.3, 0.4) is 0 Å². The smallest absolute Gasteiger partial charge is 0.251 e. The summed E-state index contributed by atoms with van der Waals surface area (Å²) in [5.41, 5.74) is 0.0889. The zero-order valence-corrected chi connectivity index (χ0v) is 11.1. The highest BCUT2D eigenvalue weighted by Crippen LogP contribution is 2.15. The second kappa shape index (κ2) is 5.74. The van der Waals surface area contributed by atoms with Gasteiger partial charge < -0.3 is 5.32 Å². The second-order valence-electron chi connectivity index (χ2n) is 4.41. The topological polar surface area (TPSA) is 52.9 Å². The van der Waals surface area contributed by atoms with E-state index in [1.165, 1.54) is 0 Å². The monoisotopic (exact) mass is 248 g/mol. The normalized spacial score (nSPS) is 10.7. The Kier molecular flexibility index (Phi) is 4.59. The van der Waals surface area contributed by atoms with Crippen molar-refractivity contribution in [3.63, 3.8) is 0 Å². The number of thioether (sulfide) groups is 1. The molecule has 0 fully saturated rings. The molecule has 1 N–H and O–H groups in total. The molecule has 0 aliphatic rings. The van der Waals surface area contributed by atoms with Gasteiger partial charge in [-0.05, 0) is 44.4 Å². The van der Waals surface area contributed by atoms with Crippen molar-refractivity contribution in [2.45, 2.75) is 18.7 Å². The van der Waals surface area contributed by atoms with Crippen LogP contribution in [0.25, 0.3) is 0 Å². The van der Waals surface area contributed by atoms with Gasteiger partial charge in [-0.25, -0.2) is 0 Å². The quantitative estimate of drug-likeness (QED) is 0.833. The number of nitrogens with one attached hydrogen (secondary N) is 1. The number of nitriles is 1. The summed E-state index contributed by atoms with van der Waals surface area (Å²) in [6.07, 6.45) is 1.99. The molecule has 3 nitrogen and oxygen atoms in total. The standard InChI is InChI=1S/C13H16N2OS/c1-13(2,8-14)9-15-12(16)10-4-6-11(17-3)7-5-10/h4-7H,9H2,1-3H3,(H,15,16). The summed E-state index contributed by atoms with van der Waals surface area (Å²) in [4.78, 5) is 12.9. The lowest BCUT2D eigenvalue weighted by Gasteiger charge is -2.15. The van der Waals surface area contributed by atoms with E-state index in [1.54, 1.807) is 37.7 Å². The predicted octanol–water partition coefficient (Wildman–Crippen LogP) is 2.69. The lowest BCUT2D eigenvalue weighted by Crippen LogP contribution is -2.33. The molecular weight excluding hydrogens is 232 g/mol. The molecule has 0 aliphatic carbocycles. The molecule has 1 aromatic rings. The highest BCUT2D eigenvalue weighted by molar-refractivity contribution is 7.98. The maximum absolute atomic E-state index is 11.8. The van der Waals surface area contributed by atoms with E-state index in [4.69, 9.17) is 5.26 Å². The van der Waals surface area contributed by atoms with Gasteiger partial charge in [0.2, 0.25) is 0 Å². The SMILES string of the molecule is CSc1ccc(C(=O)NCC(C)(C)C#N)cc1. The summed E-state index contributed by atoms with van der Waals surface area (Å²) in [6.45, 7) is 3.95. The van der Waals surface area contributed by atoms with Crippen molar-refractivity contribution in [3.8, 4) is 6.07 Å². The van der Waals surface area contributed by atoms with Crippen molar-refractivity contribution in [1.82, 2.24) is 5.32 Å². The van der Waals surface area contributed by atoms with Crippen molar-refractivity contribution in [1.29, 1.82) is 5.26 Å². The van der Waals surface area contributed by atoms with Crippen molar-refractivity contribution >= 4 is 17.7 Å². The highest BCUT2D eigenvalue weighted by atomic mass is 32.2. The van der Waals surface area contributed by atoms with E-state index in [2.05, 4.69) is 11.4 Å². The van der Waals surface area contributed by atoms with Crippen molar-refractivity contribution in [3.05, 3.63) is 29.8 Å². The van der Waals surface area contributed by atoms with Gasteiger partial charge in [-0.3, -0.25) is 4.79 Å². The highest BCUT2D eigenvalue weighted by Gasteiger charge is 2.17. The Morgan fingerprint density at radius 1 is 1.41 bits per heavy atom. The summed E-state index contributed by atoms with van der Waals surface area (Å²) in [7, 11) is 0. The fourth-order valence-corrected chi connectivity index (χ4v) is 1.59. The van der Waals surface area contributed by atoms with Gasteiger partial charge in [-0.2, -0.15) is 5.26 Å². The predicted molar refractivity (Wildman–Crippen MR) is 70.0 cm³/mol. The number of hydrogen-bond donors (Lipinski definition) is 1. The van der Waals surface area contributed by atoms with Gasteiger partial charge in [-0.15, -0.1) is 11.8 Å². The van der Waals surface area contributed by atoms with E-state index in [-0.39, 0.29) is 5.91 Å². The molecule has 1 rings (SSSR count). The second-order valence-corrected chi connectivity index (χ2v) is 5.29. The van der Waals surface area contributed by atoms with E-state index in [1.807, 2.05) is 18.4 Å². The molecule has 0 saturated carbocycles. The Balaban J connectivity index is 2.62. The maximum Gasteiger partial charge on any atom is 0.251 e. The van der Waals surface area contributed by atoms with E-state index in [0.717, 1.165) is 4.90 Å². The van der Waals surface area contributed by atoms with Crippen LogP contribution >= 0.6 is 11.8 Å². The molecule has 0 unspecified atom stereocenters. The summed E-state index contributed by atoms with van der Waals surface area (Å²) in [5.74, 6) is -0.138. The van der Waals surface area contributed by atoms with E-state index < -0.39 is 5.41 Å². The first kappa shape index (κ1) is 13.6. The average Bonchev–Trinajstić information content (AvgIpc) is 2.36. The minimum Gasteiger partial charge on any atom is -0.350 e. The molecule has 0 atom stereocenters. The third kappa shape index (κ3) is 4.12. The molecule has 0 bridgehead atoms. The van der Waals surface area contributed by atoms with Crippen LogP contribution in [0.4, 0.5) is 0 Å². The minimum absolute atomic E-state index is 0.138. The van der Waals surface area contributed by atoms with Crippen LogP contribution in [0.2, 0.25) is 0 Å². The third-order valence-corrected chi connectivity index (χ3v) is 3.09. The Morgan fingerprint density at radius 2 is 2.00 bits per heavy atom. The number of hydrogen-bond acceptors (Lipinski definition) is 3. The lowest BCUT2D eigenvalue weighted by atomic mass is 9.96. The Labute approximate surface area is 106 Å². The van der Waals surface area contributed by atoms with Crippen molar-refractivity contribution in [2.24, 2.45) is 5.41 Å². The van der Waals surface area contributed by atoms with Gasteiger partial charge in [-0.1, -0.05) is 0 Å². The van der Waals surface area contributed by atoms with Crippen molar-refractivity contribution in [2.75, 3.05) is 12.8 Å². The number of nitrogens with zero attached hydrogens (tertiary/aromatic N) is 1. The molecule has 90 valence electrons. The number of benzene rings is 1. The molecule has 1 aromatic carbocycles. The number of carbonyl (C=O) groups excluding carboxylic acids is 1. The van der Waals surface area contributed by atoms with Gasteiger partial charge in [0.05, 0.1) is 11.5 Å². The molecule has 1 amide bonds. The van der Waals surface area contributed by atoms with Crippen LogP contribution in [-0.2, 0) is 0 Å². The zero-order valence-electron chi connectivity index (χ0n) is 10.3. The average molecular weight is 248 g/mol.